The molecule has 2 N–H and O–H groups in total. The number of hydrogen-bond donors (Lipinski definition) is 1. The fourth-order valence-electron chi connectivity index (χ4n) is 1.82. The van der Waals surface area contributed by atoms with Gasteiger partial charge in [-0.1, -0.05) is 33.2 Å². The maximum absolute atomic E-state index is 5.66. The minimum atomic E-state index is 0.483. The van der Waals surface area contributed by atoms with Crippen LogP contribution in [-0.2, 0) is 0 Å². The highest BCUT2D eigenvalue weighted by Crippen LogP contribution is 2.26. The summed E-state index contributed by atoms with van der Waals surface area (Å²) >= 11 is 3.50. The first kappa shape index (κ1) is 12.9. The molecule has 0 aliphatic rings. The van der Waals surface area contributed by atoms with E-state index in [1.807, 2.05) is 49.4 Å². The molecule has 0 saturated carbocycles. The summed E-state index contributed by atoms with van der Waals surface area (Å²) in [6.45, 7) is 2.03. The second kappa shape index (κ2) is 5.09. The lowest BCUT2D eigenvalue weighted by atomic mass is 10.1. The topological polar surface area (TPSA) is 64.9 Å². The first-order valence-electron chi connectivity index (χ1n) is 6.09. The largest absolute Gasteiger partial charge is 0.399 e. The maximum Gasteiger partial charge on any atom is 0.258 e. The van der Waals surface area contributed by atoms with Crippen LogP contribution in [0.15, 0.2) is 51.5 Å². The SMILES string of the molecule is Cc1ccc(-c2noc(-c3ccc(N)cc3)n2)cc1Br. The number of hydrogen-bond acceptors (Lipinski definition) is 4. The van der Waals surface area contributed by atoms with Crippen molar-refractivity contribution in [1.29, 1.82) is 0 Å². The van der Waals surface area contributed by atoms with Crippen molar-refractivity contribution in [2.75, 3.05) is 5.73 Å². The third-order valence-electron chi connectivity index (χ3n) is 3.01. The summed E-state index contributed by atoms with van der Waals surface area (Å²) in [7, 11) is 0. The van der Waals surface area contributed by atoms with Crippen molar-refractivity contribution in [1.82, 2.24) is 10.1 Å². The molecule has 0 radical (unpaired) electrons. The van der Waals surface area contributed by atoms with Crippen LogP contribution in [0.1, 0.15) is 5.56 Å². The lowest BCUT2D eigenvalue weighted by Crippen LogP contribution is -1.85. The molecule has 0 saturated heterocycles. The molecule has 0 aliphatic carbocycles. The van der Waals surface area contributed by atoms with Gasteiger partial charge in [-0.2, -0.15) is 4.98 Å². The quantitative estimate of drug-likeness (QED) is 0.720. The van der Waals surface area contributed by atoms with Crippen molar-refractivity contribution >= 4 is 21.6 Å². The molecule has 0 bridgehead atoms. The number of benzene rings is 2. The Morgan fingerprint density at radius 1 is 1.05 bits per heavy atom. The lowest BCUT2D eigenvalue weighted by molar-refractivity contribution is 0.432. The van der Waals surface area contributed by atoms with Gasteiger partial charge in [-0.25, -0.2) is 0 Å². The molecule has 4 nitrogen and oxygen atoms in total. The Labute approximate surface area is 124 Å². The molecule has 5 heteroatoms. The van der Waals surface area contributed by atoms with Gasteiger partial charge in [0.2, 0.25) is 5.82 Å². The van der Waals surface area contributed by atoms with Gasteiger partial charge >= 0.3 is 0 Å². The number of nitrogens with zero attached hydrogens (tertiary/aromatic N) is 2. The van der Waals surface area contributed by atoms with Gasteiger partial charge < -0.3 is 10.3 Å². The fraction of sp³-hybridized carbons (Fsp3) is 0.0667. The van der Waals surface area contributed by atoms with E-state index in [1.165, 1.54) is 0 Å². The summed E-state index contributed by atoms with van der Waals surface area (Å²) in [5.41, 5.74) is 9.29. The van der Waals surface area contributed by atoms with Crippen LogP contribution >= 0.6 is 15.9 Å². The smallest absolute Gasteiger partial charge is 0.258 e. The van der Waals surface area contributed by atoms with E-state index in [9.17, 15) is 0 Å². The highest BCUT2D eigenvalue weighted by Gasteiger charge is 2.11. The van der Waals surface area contributed by atoms with Crippen LogP contribution in [0.25, 0.3) is 22.8 Å². The van der Waals surface area contributed by atoms with Crippen molar-refractivity contribution in [3.05, 3.63) is 52.5 Å². The van der Waals surface area contributed by atoms with E-state index in [1.54, 1.807) is 0 Å². The van der Waals surface area contributed by atoms with Gasteiger partial charge in [0.25, 0.3) is 5.89 Å². The Kier molecular flexibility index (Phi) is 3.28. The van der Waals surface area contributed by atoms with Gasteiger partial charge in [0.1, 0.15) is 0 Å². The van der Waals surface area contributed by atoms with Crippen molar-refractivity contribution < 1.29 is 4.52 Å². The molecule has 0 fully saturated rings. The molecule has 1 aromatic heterocycles. The summed E-state index contributed by atoms with van der Waals surface area (Å²) in [4.78, 5) is 4.41. The molecular formula is C15H12BrN3O. The second-order valence-electron chi connectivity index (χ2n) is 4.51. The number of nitrogen functional groups attached to an aromatic ring is 1. The number of nitrogens with two attached hydrogens (primary N) is 1. The van der Waals surface area contributed by atoms with Crippen LogP contribution in [0.3, 0.4) is 0 Å². The average Bonchev–Trinajstić information content (AvgIpc) is 2.92. The van der Waals surface area contributed by atoms with Crippen LogP contribution < -0.4 is 5.73 Å². The van der Waals surface area contributed by atoms with Crippen molar-refractivity contribution in [2.45, 2.75) is 6.92 Å². The molecule has 100 valence electrons. The number of halogens is 1. The number of anilines is 1. The van der Waals surface area contributed by atoms with E-state index in [-0.39, 0.29) is 0 Å². The molecule has 1 heterocycles. The average molecular weight is 330 g/mol. The van der Waals surface area contributed by atoms with Crippen molar-refractivity contribution in [3.63, 3.8) is 0 Å². The zero-order chi connectivity index (χ0) is 14.1. The monoisotopic (exact) mass is 329 g/mol. The number of aromatic nitrogens is 2. The molecule has 3 aromatic rings. The van der Waals surface area contributed by atoms with Crippen LogP contribution in [0, 0.1) is 6.92 Å². The molecule has 20 heavy (non-hydrogen) atoms. The van der Waals surface area contributed by atoms with E-state index < -0.39 is 0 Å². The summed E-state index contributed by atoms with van der Waals surface area (Å²) < 4.78 is 6.32. The Morgan fingerprint density at radius 3 is 2.45 bits per heavy atom. The van der Waals surface area contributed by atoms with Crippen LogP contribution in [0.5, 0.6) is 0 Å². The van der Waals surface area contributed by atoms with Gasteiger partial charge in [-0.15, -0.1) is 0 Å². The first-order valence-corrected chi connectivity index (χ1v) is 6.89. The summed E-state index contributed by atoms with van der Waals surface area (Å²) in [5.74, 6) is 1.05. The summed E-state index contributed by atoms with van der Waals surface area (Å²) in [5, 5.41) is 4.02. The molecular weight excluding hydrogens is 318 g/mol. The molecule has 0 atom stereocenters. The molecule has 0 unspecified atom stereocenters. The van der Waals surface area contributed by atoms with Crippen LogP contribution in [0.2, 0.25) is 0 Å². The zero-order valence-electron chi connectivity index (χ0n) is 10.8. The standard InChI is InChI=1S/C15H12BrN3O/c1-9-2-3-11(8-13(9)16)14-18-15(20-19-14)10-4-6-12(17)7-5-10/h2-8H,17H2,1H3. The second-order valence-corrected chi connectivity index (χ2v) is 5.36. The van der Waals surface area contributed by atoms with Crippen molar-refractivity contribution in [3.8, 4) is 22.8 Å². The Hall–Kier alpha value is -2.14. The van der Waals surface area contributed by atoms with Gasteiger partial charge in [0.15, 0.2) is 0 Å². The zero-order valence-corrected chi connectivity index (χ0v) is 12.4. The van der Waals surface area contributed by atoms with Crippen LogP contribution in [0.4, 0.5) is 5.69 Å². The molecule has 0 aliphatic heterocycles. The minimum absolute atomic E-state index is 0.483. The fourth-order valence-corrected chi connectivity index (χ4v) is 2.19. The van der Waals surface area contributed by atoms with Crippen LogP contribution in [-0.4, -0.2) is 10.1 Å². The Bertz CT molecular complexity index is 750. The highest BCUT2D eigenvalue weighted by molar-refractivity contribution is 9.10. The van der Waals surface area contributed by atoms with E-state index in [0.29, 0.717) is 17.4 Å². The number of rotatable bonds is 2. The van der Waals surface area contributed by atoms with Gasteiger partial charge in [0.05, 0.1) is 0 Å². The van der Waals surface area contributed by atoms with Gasteiger partial charge in [-0.3, -0.25) is 0 Å². The minimum Gasteiger partial charge on any atom is -0.399 e. The van der Waals surface area contributed by atoms with E-state index >= 15 is 0 Å². The van der Waals surface area contributed by atoms with E-state index in [4.69, 9.17) is 10.3 Å². The van der Waals surface area contributed by atoms with Crippen molar-refractivity contribution in [2.24, 2.45) is 0 Å². The van der Waals surface area contributed by atoms with Gasteiger partial charge in [0, 0.05) is 21.3 Å². The summed E-state index contributed by atoms with van der Waals surface area (Å²) in [6, 6.07) is 13.3. The normalized spacial score (nSPS) is 10.7. The molecule has 0 spiro atoms. The Balaban J connectivity index is 1.97. The third kappa shape index (κ3) is 2.44. The van der Waals surface area contributed by atoms with E-state index in [2.05, 4.69) is 26.1 Å². The third-order valence-corrected chi connectivity index (χ3v) is 3.87. The summed E-state index contributed by atoms with van der Waals surface area (Å²) in [6.07, 6.45) is 0. The molecule has 3 rings (SSSR count). The predicted octanol–water partition coefficient (Wildman–Crippen LogP) is 4.06. The maximum atomic E-state index is 5.66. The first-order chi connectivity index (χ1) is 9.63. The highest BCUT2D eigenvalue weighted by atomic mass is 79.9. The van der Waals surface area contributed by atoms with Gasteiger partial charge in [-0.05, 0) is 42.8 Å². The Morgan fingerprint density at radius 2 is 1.75 bits per heavy atom. The van der Waals surface area contributed by atoms with E-state index in [0.717, 1.165) is 21.2 Å². The lowest BCUT2D eigenvalue weighted by Gasteiger charge is -1.99. The molecule has 0 amide bonds. The number of aryl methyl sites for hydroxylation is 1. The predicted molar refractivity (Wildman–Crippen MR) is 82.0 cm³/mol. The molecule has 2 aromatic carbocycles.